The summed E-state index contributed by atoms with van der Waals surface area (Å²) in [5.74, 6) is -0.512. The van der Waals surface area contributed by atoms with Crippen molar-refractivity contribution in [2.24, 2.45) is 5.73 Å². The molecule has 0 aliphatic rings. The molecule has 0 saturated carbocycles. The highest BCUT2D eigenvalue weighted by atomic mass is 35.5. The Labute approximate surface area is 137 Å². The first-order chi connectivity index (χ1) is 11.1. The Hall–Kier alpha value is -3.10. The number of nitrogens with one attached hydrogen (secondary N) is 1. The van der Waals surface area contributed by atoms with Gasteiger partial charge in [-0.25, -0.2) is 4.98 Å². The smallest absolute Gasteiger partial charge is 0.241 e. The van der Waals surface area contributed by atoms with E-state index >= 15 is 0 Å². The molecule has 0 unspecified atom stereocenters. The molecule has 3 N–H and O–H groups in total. The predicted molar refractivity (Wildman–Crippen MR) is 89.5 cm³/mol. The van der Waals surface area contributed by atoms with Crippen molar-refractivity contribution in [3.63, 3.8) is 0 Å². The molecule has 0 saturated heterocycles. The summed E-state index contributed by atoms with van der Waals surface area (Å²) in [4.78, 5) is 18.3. The number of benzene rings is 1. The van der Waals surface area contributed by atoms with E-state index < -0.39 is 5.91 Å². The van der Waals surface area contributed by atoms with Gasteiger partial charge in [0.1, 0.15) is 11.7 Å². The van der Waals surface area contributed by atoms with Crippen LogP contribution in [0, 0.1) is 11.3 Å². The number of aromatic amines is 1. The topological polar surface area (TPSA) is 95.6 Å². The molecule has 1 amide bonds. The van der Waals surface area contributed by atoms with Crippen LogP contribution < -0.4 is 5.73 Å². The maximum Gasteiger partial charge on any atom is 0.241 e. The molecule has 6 heteroatoms. The number of rotatable bonds is 3. The number of hydrogen-bond donors (Lipinski definition) is 2. The molecular formula is C17H11ClN4O. The Morgan fingerprint density at radius 1 is 1.35 bits per heavy atom. The number of nitrogens with two attached hydrogens (primary N) is 1. The van der Waals surface area contributed by atoms with Gasteiger partial charge in [0.25, 0.3) is 0 Å². The molecule has 1 aromatic carbocycles. The lowest BCUT2D eigenvalue weighted by atomic mass is 10.0. The highest BCUT2D eigenvalue weighted by molar-refractivity contribution is 6.32. The van der Waals surface area contributed by atoms with Crippen LogP contribution in [0.25, 0.3) is 28.2 Å². The van der Waals surface area contributed by atoms with Crippen molar-refractivity contribution in [2.45, 2.75) is 0 Å². The van der Waals surface area contributed by atoms with Crippen LogP contribution in [0.3, 0.4) is 0 Å². The number of H-pyrrole nitrogens is 1. The number of carbonyl (C=O) groups excluding carboxylic acids is 1. The zero-order chi connectivity index (χ0) is 16.4. The zero-order valence-electron chi connectivity index (χ0n) is 11.9. The fraction of sp³-hybridized carbons (Fsp3) is 0. The van der Waals surface area contributed by atoms with E-state index in [4.69, 9.17) is 22.6 Å². The summed E-state index contributed by atoms with van der Waals surface area (Å²) >= 11 is 6.08. The lowest BCUT2D eigenvalue weighted by Gasteiger charge is -2.04. The van der Waals surface area contributed by atoms with Gasteiger partial charge in [-0.3, -0.25) is 4.79 Å². The Morgan fingerprint density at radius 3 is 2.87 bits per heavy atom. The van der Waals surface area contributed by atoms with Gasteiger partial charge in [0.2, 0.25) is 5.91 Å². The minimum Gasteiger partial charge on any atom is -0.366 e. The summed E-state index contributed by atoms with van der Waals surface area (Å²) in [5, 5.41) is 10.2. The van der Waals surface area contributed by atoms with Gasteiger partial charge in [0.15, 0.2) is 0 Å². The molecule has 3 rings (SSSR count). The predicted octanol–water partition coefficient (Wildman–Crippen LogP) is 3.25. The summed E-state index contributed by atoms with van der Waals surface area (Å²) in [6.07, 6.45) is 6.41. The largest absolute Gasteiger partial charge is 0.366 e. The number of primary amides is 1. The van der Waals surface area contributed by atoms with E-state index in [1.165, 1.54) is 6.08 Å². The van der Waals surface area contributed by atoms with E-state index in [0.717, 1.165) is 22.1 Å². The standard InChI is InChI=1S/C17H11ClN4O/c18-15-6-10(1-2-11(15)7-19)13-5-14-12(3-4-16(20)23)8-21-17(14)22-9-13/h1-6,8-9H,(H2,20,23)(H,21,22). The lowest BCUT2D eigenvalue weighted by molar-refractivity contribution is -0.113. The summed E-state index contributed by atoms with van der Waals surface area (Å²) in [6.45, 7) is 0. The number of amides is 1. The monoisotopic (exact) mass is 322 g/mol. The quantitative estimate of drug-likeness (QED) is 0.724. The van der Waals surface area contributed by atoms with Gasteiger partial charge in [-0.1, -0.05) is 17.7 Å². The second-order valence-electron chi connectivity index (χ2n) is 4.91. The molecule has 0 aliphatic carbocycles. The third-order valence-corrected chi connectivity index (χ3v) is 3.73. The van der Waals surface area contributed by atoms with E-state index in [1.54, 1.807) is 30.6 Å². The number of fused-ring (bicyclic) bond motifs is 1. The van der Waals surface area contributed by atoms with Crippen molar-refractivity contribution in [1.82, 2.24) is 9.97 Å². The average molecular weight is 323 g/mol. The molecule has 0 atom stereocenters. The van der Waals surface area contributed by atoms with Crippen LogP contribution in [0.5, 0.6) is 0 Å². The molecule has 3 aromatic rings. The summed E-state index contributed by atoms with van der Waals surface area (Å²) in [5.41, 5.74) is 8.79. The van der Waals surface area contributed by atoms with Crippen LogP contribution in [0.1, 0.15) is 11.1 Å². The van der Waals surface area contributed by atoms with Crippen LogP contribution in [-0.4, -0.2) is 15.9 Å². The number of nitriles is 1. The summed E-state index contributed by atoms with van der Waals surface area (Å²) < 4.78 is 0. The maximum atomic E-state index is 10.9. The molecule has 2 aromatic heterocycles. The number of aromatic nitrogens is 2. The van der Waals surface area contributed by atoms with Gasteiger partial charge in [0.05, 0.1) is 10.6 Å². The molecule has 0 aliphatic heterocycles. The molecule has 5 nitrogen and oxygen atoms in total. The molecule has 2 heterocycles. The number of hydrogen-bond acceptors (Lipinski definition) is 3. The molecule has 0 bridgehead atoms. The minimum atomic E-state index is -0.512. The van der Waals surface area contributed by atoms with Crippen LogP contribution in [-0.2, 0) is 4.79 Å². The molecule has 0 fully saturated rings. The third-order valence-electron chi connectivity index (χ3n) is 3.41. The number of pyridine rings is 1. The summed E-state index contributed by atoms with van der Waals surface area (Å²) in [6, 6.07) is 9.19. The molecular weight excluding hydrogens is 312 g/mol. The van der Waals surface area contributed by atoms with E-state index in [2.05, 4.69) is 9.97 Å². The van der Waals surface area contributed by atoms with Gasteiger partial charge in [-0.05, 0) is 29.8 Å². The van der Waals surface area contributed by atoms with Crippen LogP contribution >= 0.6 is 11.6 Å². The SMILES string of the molecule is N#Cc1ccc(-c2cnc3[nH]cc(C=CC(N)=O)c3c2)cc1Cl. The molecule has 0 spiro atoms. The van der Waals surface area contributed by atoms with Crippen molar-refractivity contribution >= 4 is 34.6 Å². The van der Waals surface area contributed by atoms with Gasteiger partial charge in [-0.15, -0.1) is 0 Å². The van der Waals surface area contributed by atoms with Gasteiger partial charge in [-0.2, -0.15) is 5.26 Å². The van der Waals surface area contributed by atoms with Crippen LogP contribution in [0.2, 0.25) is 5.02 Å². The first-order valence-electron chi connectivity index (χ1n) is 6.73. The van der Waals surface area contributed by atoms with E-state index in [9.17, 15) is 4.79 Å². The van der Waals surface area contributed by atoms with Gasteiger partial charge < -0.3 is 10.7 Å². The zero-order valence-corrected chi connectivity index (χ0v) is 12.6. The number of nitrogens with zero attached hydrogens (tertiary/aromatic N) is 2. The van der Waals surface area contributed by atoms with Crippen LogP contribution in [0.15, 0.2) is 42.7 Å². The Balaban J connectivity index is 2.09. The first kappa shape index (κ1) is 14.8. The van der Waals surface area contributed by atoms with Crippen molar-refractivity contribution in [1.29, 1.82) is 5.26 Å². The Bertz CT molecular complexity index is 982. The van der Waals surface area contributed by atoms with Crippen molar-refractivity contribution in [3.8, 4) is 17.2 Å². The maximum absolute atomic E-state index is 10.9. The average Bonchev–Trinajstić information content (AvgIpc) is 2.95. The van der Waals surface area contributed by atoms with E-state index in [1.807, 2.05) is 18.2 Å². The fourth-order valence-corrected chi connectivity index (χ4v) is 2.50. The van der Waals surface area contributed by atoms with Crippen molar-refractivity contribution in [2.75, 3.05) is 0 Å². The fourth-order valence-electron chi connectivity index (χ4n) is 2.28. The number of halogens is 1. The van der Waals surface area contributed by atoms with Gasteiger partial charge >= 0.3 is 0 Å². The van der Waals surface area contributed by atoms with Crippen LogP contribution in [0.4, 0.5) is 0 Å². The second-order valence-corrected chi connectivity index (χ2v) is 5.31. The van der Waals surface area contributed by atoms with Gasteiger partial charge in [0, 0.05) is 35.0 Å². The summed E-state index contributed by atoms with van der Waals surface area (Å²) in [7, 11) is 0. The van der Waals surface area contributed by atoms with Crippen molar-refractivity contribution < 1.29 is 4.79 Å². The number of carbonyl (C=O) groups is 1. The highest BCUT2D eigenvalue weighted by Gasteiger charge is 2.08. The minimum absolute atomic E-state index is 0.396. The van der Waals surface area contributed by atoms with E-state index in [-0.39, 0.29) is 0 Å². The Morgan fingerprint density at radius 2 is 2.17 bits per heavy atom. The Kier molecular flexibility index (Phi) is 3.83. The molecule has 112 valence electrons. The second kappa shape index (κ2) is 5.95. The molecule has 0 radical (unpaired) electrons. The molecule has 23 heavy (non-hydrogen) atoms. The highest BCUT2D eigenvalue weighted by Crippen LogP contribution is 2.28. The first-order valence-corrected chi connectivity index (χ1v) is 7.11. The normalized spacial score (nSPS) is 11.0. The third kappa shape index (κ3) is 2.93. The lowest BCUT2D eigenvalue weighted by Crippen LogP contribution is -2.04. The van der Waals surface area contributed by atoms with Crippen molar-refractivity contribution in [3.05, 3.63) is 58.9 Å². The van der Waals surface area contributed by atoms with E-state index in [0.29, 0.717) is 16.2 Å².